The van der Waals surface area contributed by atoms with Crippen LogP contribution in [0.15, 0.2) is 85.2 Å². The van der Waals surface area contributed by atoms with Gasteiger partial charge in [-0.05, 0) is 73.8 Å². The number of ether oxygens (including phenoxy) is 1. The average Bonchev–Trinajstić information content (AvgIpc) is 3.00. The molecule has 9 nitrogen and oxygen atoms in total. The van der Waals surface area contributed by atoms with Crippen molar-refractivity contribution in [1.82, 2.24) is 20.3 Å². The fraction of sp³-hybridized carbons (Fsp3) is 0.219. The molecule has 1 atom stereocenters. The molecule has 6 rings (SSSR count). The molecule has 1 aliphatic rings. The monoisotopic (exact) mass is 614 g/mol. The summed E-state index contributed by atoms with van der Waals surface area (Å²) in [6.07, 6.45) is 5.56. The van der Waals surface area contributed by atoms with Gasteiger partial charge in [-0.25, -0.2) is 23.4 Å². The van der Waals surface area contributed by atoms with Crippen LogP contribution in [0.25, 0.3) is 22.0 Å². The predicted octanol–water partition coefficient (Wildman–Crippen LogP) is 6.55. The van der Waals surface area contributed by atoms with Crippen molar-refractivity contribution in [2.75, 3.05) is 23.1 Å². The largest absolute Gasteiger partial charge is 0.437 e. The van der Waals surface area contributed by atoms with E-state index in [4.69, 9.17) is 21.3 Å². The zero-order valence-corrected chi connectivity index (χ0v) is 25.1. The molecule has 3 N–H and O–H groups in total. The van der Waals surface area contributed by atoms with E-state index in [2.05, 4.69) is 25.3 Å². The summed E-state index contributed by atoms with van der Waals surface area (Å²) in [5.74, 6) is 1.34. The average molecular weight is 615 g/mol. The number of fused-ring (bicyclic) bond motifs is 1. The first-order valence-corrected chi connectivity index (χ1v) is 16.1. The van der Waals surface area contributed by atoms with Crippen molar-refractivity contribution in [1.29, 1.82) is 0 Å². The molecule has 11 heteroatoms. The number of aryl methyl sites for hydroxylation is 1. The Bertz CT molecular complexity index is 1860. The van der Waals surface area contributed by atoms with Gasteiger partial charge in [0.15, 0.2) is 0 Å². The SMILES string of the molecule is Cc1ccc2c(NS(=O)(=O)Cc3ccc(Cl)cc3)cccc2c1Oc1ncccc1-c1ccnc(NC2CCCNC2)n1. The molecule has 2 aromatic heterocycles. The van der Waals surface area contributed by atoms with Gasteiger partial charge in [0.2, 0.25) is 21.9 Å². The van der Waals surface area contributed by atoms with Gasteiger partial charge in [-0.1, -0.05) is 48.0 Å². The molecule has 3 aromatic carbocycles. The number of hydrogen-bond acceptors (Lipinski definition) is 8. The quantitative estimate of drug-likeness (QED) is 0.171. The van der Waals surface area contributed by atoms with Crippen molar-refractivity contribution < 1.29 is 13.2 Å². The highest BCUT2D eigenvalue weighted by Crippen LogP contribution is 2.39. The van der Waals surface area contributed by atoms with Gasteiger partial charge < -0.3 is 15.4 Å². The highest BCUT2D eigenvalue weighted by molar-refractivity contribution is 7.91. The standard InChI is InChI=1S/C32H31ClN6O3S/c1-21-9-14-25-26(6-2-8-29(25)39-43(40,41)20-22-10-12-23(33)13-11-22)30(21)42-31-27(7-4-17-35-31)28-15-18-36-32(38-28)37-24-5-3-16-34-19-24/h2,4,6-15,17-18,24,34,39H,3,5,16,19-20H2,1H3,(H,36,37,38). The number of nitrogens with zero attached hydrogens (tertiary/aromatic N) is 3. The lowest BCUT2D eigenvalue weighted by atomic mass is 10.0. The zero-order chi connectivity index (χ0) is 29.8. The highest BCUT2D eigenvalue weighted by atomic mass is 35.5. The maximum absolute atomic E-state index is 13.1. The number of hydrogen-bond donors (Lipinski definition) is 3. The number of anilines is 2. The molecule has 220 valence electrons. The lowest BCUT2D eigenvalue weighted by Crippen LogP contribution is -2.38. The Kier molecular flexibility index (Phi) is 8.42. The normalized spacial score (nSPS) is 15.3. The molecule has 1 unspecified atom stereocenters. The summed E-state index contributed by atoms with van der Waals surface area (Å²) in [5, 5.41) is 8.83. The molecule has 1 aliphatic heterocycles. The molecule has 1 saturated heterocycles. The van der Waals surface area contributed by atoms with Gasteiger partial charge >= 0.3 is 0 Å². The molecule has 0 amide bonds. The van der Waals surface area contributed by atoms with E-state index in [9.17, 15) is 8.42 Å². The van der Waals surface area contributed by atoms with Gasteiger partial charge in [-0.2, -0.15) is 0 Å². The Morgan fingerprint density at radius 1 is 0.977 bits per heavy atom. The summed E-state index contributed by atoms with van der Waals surface area (Å²) < 4.78 is 35.4. The van der Waals surface area contributed by atoms with Crippen LogP contribution in [0, 0.1) is 6.92 Å². The second-order valence-corrected chi connectivity index (χ2v) is 12.7. The van der Waals surface area contributed by atoms with Crippen LogP contribution in [0.5, 0.6) is 11.6 Å². The van der Waals surface area contributed by atoms with Crippen molar-refractivity contribution in [3.8, 4) is 22.9 Å². The van der Waals surface area contributed by atoms with E-state index in [1.165, 1.54) is 0 Å². The molecular formula is C32H31ClN6O3S. The van der Waals surface area contributed by atoms with Crippen molar-refractivity contribution in [3.63, 3.8) is 0 Å². The first kappa shape index (κ1) is 28.9. The van der Waals surface area contributed by atoms with Crippen LogP contribution in [-0.4, -0.2) is 42.5 Å². The zero-order valence-electron chi connectivity index (χ0n) is 23.5. The Morgan fingerprint density at radius 3 is 2.65 bits per heavy atom. The molecule has 43 heavy (non-hydrogen) atoms. The van der Waals surface area contributed by atoms with Crippen molar-refractivity contribution in [2.45, 2.75) is 31.6 Å². The smallest absolute Gasteiger partial charge is 0.236 e. The minimum atomic E-state index is -3.70. The summed E-state index contributed by atoms with van der Waals surface area (Å²) in [4.78, 5) is 13.7. The van der Waals surface area contributed by atoms with Crippen LogP contribution in [0.3, 0.4) is 0 Å². The summed E-state index contributed by atoms with van der Waals surface area (Å²) in [6.45, 7) is 3.84. The third kappa shape index (κ3) is 6.88. The van der Waals surface area contributed by atoms with Gasteiger partial charge in [0.1, 0.15) is 5.75 Å². The second kappa shape index (κ2) is 12.5. The Labute approximate surface area is 255 Å². The summed E-state index contributed by atoms with van der Waals surface area (Å²) >= 11 is 5.96. The fourth-order valence-corrected chi connectivity index (χ4v) is 6.51. The third-order valence-electron chi connectivity index (χ3n) is 7.28. The number of aromatic nitrogens is 3. The molecule has 0 bridgehead atoms. The van der Waals surface area contributed by atoms with Gasteiger partial charge in [0.25, 0.3) is 0 Å². The number of halogens is 1. The summed E-state index contributed by atoms with van der Waals surface area (Å²) in [7, 11) is -3.70. The Hall–Kier alpha value is -4.25. The van der Waals surface area contributed by atoms with Crippen LogP contribution in [0.4, 0.5) is 11.6 Å². The maximum Gasteiger partial charge on any atom is 0.236 e. The molecule has 0 radical (unpaired) electrons. The Morgan fingerprint density at radius 2 is 1.84 bits per heavy atom. The van der Waals surface area contributed by atoms with Gasteiger partial charge in [-0.15, -0.1) is 0 Å². The van der Waals surface area contributed by atoms with Crippen molar-refractivity contribution in [2.24, 2.45) is 0 Å². The molecule has 3 heterocycles. The minimum Gasteiger partial charge on any atom is -0.437 e. The van der Waals surface area contributed by atoms with Gasteiger partial charge in [-0.3, -0.25) is 4.72 Å². The van der Waals surface area contributed by atoms with E-state index in [-0.39, 0.29) is 11.8 Å². The molecule has 1 fully saturated rings. The Balaban J connectivity index is 1.29. The lowest BCUT2D eigenvalue weighted by Gasteiger charge is -2.23. The maximum atomic E-state index is 13.1. The molecule has 0 aliphatic carbocycles. The van der Waals surface area contributed by atoms with Crippen molar-refractivity contribution >= 4 is 44.0 Å². The number of rotatable bonds is 9. The molecule has 0 saturated carbocycles. The van der Waals surface area contributed by atoms with E-state index in [1.54, 1.807) is 48.8 Å². The number of piperidine rings is 1. The number of pyridine rings is 1. The lowest BCUT2D eigenvalue weighted by molar-refractivity contribution is 0.466. The van der Waals surface area contributed by atoms with E-state index < -0.39 is 10.0 Å². The molecule has 5 aromatic rings. The highest BCUT2D eigenvalue weighted by Gasteiger charge is 2.19. The fourth-order valence-electron chi connectivity index (χ4n) is 5.17. The second-order valence-electron chi connectivity index (χ2n) is 10.5. The van der Waals surface area contributed by atoms with E-state index in [0.29, 0.717) is 50.5 Å². The molecular weight excluding hydrogens is 584 g/mol. The van der Waals surface area contributed by atoms with E-state index in [0.717, 1.165) is 36.9 Å². The first-order chi connectivity index (χ1) is 20.8. The summed E-state index contributed by atoms with van der Waals surface area (Å²) in [6, 6.07) is 21.8. The van der Waals surface area contributed by atoms with Crippen LogP contribution < -0.4 is 20.1 Å². The predicted molar refractivity (Wildman–Crippen MR) is 171 cm³/mol. The topological polar surface area (TPSA) is 118 Å². The van der Waals surface area contributed by atoms with E-state index >= 15 is 0 Å². The first-order valence-electron chi connectivity index (χ1n) is 14.1. The van der Waals surface area contributed by atoms with Crippen molar-refractivity contribution in [3.05, 3.63) is 101 Å². The van der Waals surface area contributed by atoms with Gasteiger partial charge in [0.05, 0.1) is 22.7 Å². The van der Waals surface area contributed by atoms with Gasteiger partial charge in [0, 0.05) is 40.8 Å². The van der Waals surface area contributed by atoms with Crippen LogP contribution >= 0.6 is 11.6 Å². The number of sulfonamides is 1. The minimum absolute atomic E-state index is 0.180. The van der Waals surface area contributed by atoms with Crippen LogP contribution in [-0.2, 0) is 15.8 Å². The van der Waals surface area contributed by atoms with Crippen LogP contribution in [0.2, 0.25) is 5.02 Å². The number of nitrogens with one attached hydrogen (secondary N) is 3. The third-order valence-corrected chi connectivity index (χ3v) is 8.77. The summed E-state index contributed by atoms with van der Waals surface area (Å²) in [5.41, 5.74) is 3.36. The molecule has 0 spiro atoms. The van der Waals surface area contributed by atoms with E-state index in [1.807, 2.05) is 43.3 Å². The number of benzene rings is 3. The van der Waals surface area contributed by atoms with Crippen LogP contribution in [0.1, 0.15) is 24.0 Å².